The molecule has 0 bridgehead atoms. The van der Waals surface area contributed by atoms with Crippen LogP contribution in [0.25, 0.3) is 0 Å². The highest BCUT2D eigenvalue weighted by Gasteiger charge is 2.10. The second-order valence-corrected chi connectivity index (χ2v) is 5.18. The number of halogens is 1. The zero-order valence-corrected chi connectivity index (χ0v) is 12.5. The number of nitrogens with one attached hydrogen (secondary N) is 1. The van der Waals surface area contributed by atoms with Crippen LogP contribution in [0.4, 0.5) is 5.69 Å². The molecule has 1 rings (SSSR count). The highest BCUT2D eigenvalue weighted by atomic mass is 79.9. The number of hydrogen-bond donors (Lipinski definition) is 1. The zero-order valence-electron chi connectivity index (χ0n) is 10.9. The van der Waals surface area contributed by atoms with E-state index in [-0.39, 0.29) is 0 Å². The maximum atomic E-state index is 5.37. The summed E-state index contributed by atoms with van der Waals surface area (Å²) in [7, 11) is 1.71. The number of hydrogen-bond acceptors (Lipinski definition) is 2. The minimum Gasteiger partial charge on any atom is -0.495 e. The molecule has 0 aliphatic rings. The topological polar surface area (TPSA) is 21.3 Å². The minimum atomic E-state index is 0.535. The van der Waals surface area contributed by atoms with Gasteiger partial charge in [0.1, 0.15) is 5.75 Å². The van der Waals surface area contributed by atoms with Crippen LogP contribution in [0, 0.1) is 0 Å². The van der Waals surface area contributed by atoms with Gasteiger partial charge in [-0.1, -0.05) is 42.6 Å². The summed E-state index contributed by atoms with van der Waals surface area (Å²) in [6.07, 6.45) is 4.80. The van der Waals surface area contributed by atoms with Crippen molar-refractivity contribution in [3.8, 4) is 5.75 Å². The van der Waals surface area contributed by atoms with Gasteiger partial charge >= 0.3 is 0 Å². The van der Waals surface area contributed by atoms with Crippen molar-refractivity contribution in [1.29, 1.82) is 0 Å². The third kappa shape index (κ3) is 4.58. The molecule has 96 valence electrons. The molecule has 17 heavy (non-hydrogen) atoms. The number of benzene rings is 1. The Morgan fingerprint density at radius 3 is 2.41 bits per heavy atom. The van der Waals surface area contributed by atoms with Crippen molar-refractivity contribution in [1.82, 2.24) is 0 Å². The van der Waals surface area contributed by atoms with Gasteiger partial charge in [-0.3, -0.25) is 0 Å². The van der Waals surface area contributed by atoms with E-state index in [1.807, 2.05) is 12.1 Å². The SMILES string of the molecule is CCCC(CCC)Nc1cc(Br)ccc1OC. The Bertz CT molecular complexity index is 335. The molecular weight excluding hydrogens is 278 g/mol. The van der Waals surface area contributed by atoms with Gasteiger partial charge in [-0.05, 0) is 31.0 Å². The molecule has 0 aliphatic carbocycles. The number of anilines is 1. The molecule has 0 radical (unpaired) electrons. The molecule has 1 aromatic rings. The molecule has 1 aromatic carbocycles. The van der Waals surface area contributed by atoms with Crippen molar-refractivity contribution < 1.29 is 4.74 Å². The molecule has 0 atom stereocenters. The van der Waals surface area contributed by atoms with E-state index in [0.29, 0.717) is 6.04 Å². The van der Waals surface area contributed by atoms with E-state index in [0.717, 1.165) is 15.9 Å². The first-order valence-corrected chi connectivity index (χ1v) is 7.10. The summed E-state index contributed by atoms with van der Waals surface area (Å²) in [5.74, 6) is 0.908. The molecule has 0 saturated heterocycles. The van der Waals surface area contributed by atoms with Crippen molar-refractivity contribution in [2.24, 2.45) is 0 Å². The summed E-state index contributed by atoms with van der Waals surface area (Å²) in [4.78, 5) is 0. The summed E-state index contributed by atoms with van der Waals surface area (Å²) in [5.41, 5.74) is 1.08. The minimum absolute atomic E-state index is 0.535. The van der Waals surface area contributed by atoms with Crippen LogP contribution < -0.4 is 10.1 Å². The quantitative estimate of drug-likeness (QED) is 0.778. The van der Waals surface area contributed by atoms with E-state index in [1.165, 1.54) is 25.7 Å². The van der Waals surface area contributed by atoms with E-state index < -0.39 is 0 Å². The Kier molecular flexibility index (Phi) is 6.41. The largest absolute Gasteiger partial charge is 0.495 e. The van der Waals surface area contributed by atoms with E-state index in [1.54, 1.807) is 7.11 Å². The number of rotatable bonds is 7. The fourth-order valence-corrected chi connectivity index (χ4v) is 2.36. The van der Waals surface area contributed by atoms with E-state index in [2.05, 4.69) is 41.2 Å². The fourth-order valence-electron chi connectivity index (χ4n) is 2.00. The van der Waals surface area contributed by atoms with Crippen molar-refractivity contribution in [2.45, 2.75) is 45.6 Å². The van der Waals surface area contributed by atoms with Crippen molar-refractivity contribution in [3.05, 3.63) is 22.7 Å². The second kappa shape index (κ2) is 7.59. The molecule has 1 N–H and O–H groups in total. The van der Waals surface area contributed by atoms with Crippen LogP contribution in [-0.4, -0.2) is 13.2 Å². The Balaban J connectivity index is 2.79. The maximum Gasteiger partial charge on any atom is 0.142 e. The summed E-state index contributed by atoms with van der Waals surface area (Å²) in [6, 6.07) is 6.60. The Morgan fingerprint density at radius 1 is 1.24 bits per heavy atom. The van der Waals surface area contributed by atoms with Crippen LogP contribution in [0.1, 0.15) is 39.5 Å². The van der Waals surface area contributed by atoms with Gasteiger partial charge in [0.25, 0.3) is 0 Å². The average Bonchev–Trinajstić information content (AvgIpc) is 2.30. The van der Waals surface area contributed by atoms with Gasteiger partial charge in [0.15, 0.2) is 0 Å². The first-order valence-electron chi connectivity index (χ1n) is 6.31. The third-order valence-electron chi connectivity index (χ3n) is 2.80. The first-order chi connectivity index (χ1) is 8.21. The molecular formula is C14H22BrNO. The summed E-state index contributed by atoms with van der Waals surface area (Å²) in [6.45, 7) is 4.45. The summed E-state index contributed by atoms with van der Waals surface area (Å²) in [5, 5.41) is 3.59. The van der Waals surface area contributed by atoms with Crippen molar-refractivity contribution >= 4 is 21.6 Å². The van der Waals surface area contributed by atoms with Gasteiger partial charge < -0.3 is 10.1 Å². The molecule has 0 aromatic heterocycles. The molecule has 0 unspecified atom stereocenters. The predicted molar refractivity (Wildman–Crippen MR) is 77.9 cm³/mol. The van der Waals surface area contributed by atoms with E-state index in [9.17, 15) is 0 Å². The van der Waals surface area contributed by atoms with Gasteiger partial charge in [-0.15, -0.1) is 0 Å². The number of ether oxygens (including phenoxy) is 1. The molecule has 3 heteroatoms. The van der Waals surface area contributed by atoms with E-state index in [4.69, 9.17) is 4.74 Å². The monoisotopic (exact) mass is 299 g/mol. The van der Waals surface area contributed by atoms with Crippen LogP contribution in [0.3, 0.4) is 0 Å². The molecule has 0 fully saturated rings. The molecule has 0 aliphatic heterocycles. The van der Waals surface area contributed by atoms with Gasteiger partial charge in [-0.2, -0.15) is 0 Å². The lowest BCUT2D eigenvalue weighted by atomic mass is 10.1. The normalized spacial score (nSPS) is 10.6. The van der Waals surface area contributed by atoms with Gasteiger partial charge in [0.2, 0.25) is 0 Å². The average molecular weight is 300 g/mol. The first kappa shape index (κ1) is 14.4. The Labute approximate surface area is 113 Å². The lowest BCUT2D eigenvalue weighted by Crippen LogP contribution is -2.19. The molecule has 0 spiro atoms. The lowest BCUT2D eigenvalue weighted by molar-refractivity contribution is 0.415. The van der Waals surface area contributed by atoms with Crippen LogP contribution in [-0.2, 0) is 0 Å². The van der Waals surface area contributed by atoms with Gasteiger partial charge in [0, 0.05) is 10.5 Å². The van der Waals surface area contributed by atoms with Crippen molar-refractivity contribution in [3.63, 3.8) is 0 Å². The smallest absolute Gasteiger partial charge is 0.142 e. The van der Waals surface area contributed by atoms with Crippen LogP contribution in [0.5, 0.6) is 5.75 Å². The molecule has 2 nitrogen and oxygen atoms in total. The predicted octanol–water partition coefficient (Wildman–Crippen LogP) is 4.84. The highest BCUT2D eigenvalue weighted by molar-refractivity contribution is 9.10. The third-order valence-corrected chi connectivity index (χ3v) is 3.29. The highest BCUT2D eigenvalue weighted by Crippen LogP contribution is 2.29. The number of methoxy groups -OCH3 is 1. The standard InChI is InChI=1S/C14H22BrNO/c1-4-6-12(7-5-2)16-13-10-11(15)8-9-14(13)17-3/h8-10,12,16H,4-7H2,1-3H3. The molecule has 0 heterocycles. The fraction of sp³-hybridized carbons (Fsp3) is 0.571. The summed E-state index contributed by atoms with van der Waals surface area (Å²) < 4.78 is 6.45. The van der Waals surface area contributed by atoms with E-state index >= 15 is 0 Å². The zero-order chi connectivity index (χ0) is 12.7. The van der Waals surface area contributed by atoms with Gasteiger partial charge in [0.05, 0.1) is 12.8 Å². The van der Waals surface area contributed by atoms with Crippen LogP contribution >= 0.6 is 15.9 Å². The van der Waals surface area contributed by atoms with Gasteiger partial charge in [-0.25, -0.2) is 0 Å². The lowest BCUT2D eigenvalue weighted by Gasteiger charge is -2.20. The summed E-state index contributed by atoms with van der Waals surface area (Å²) >= 11 is 3.50. The maximum absolute atomic E-state index is 5.37. The molecule has 0 amide bonds. The Morgan fingerprint density at radius 2 is 1.88 bits per heavy atom. The van der Waals surface area contributed by atoms with Crippen LogP contribution in [0.2, 0.25) is 0 Å². The second-order valence-electron chi connectivity index (χ2n) is 4.26. The molecule has 0 saturated carbocycles. The van der Waals surface area contributed by atoms with Crippen LogP contribution in [0.15, 0.2) is 22.7 Å². The Hall–Kier alpha value is -0.700. The van der Waals surface area contributed by atoms with Crippen molar-refractivity contribution in [2.75, 3.05) is 12.4 Å².